The topological polar surface area (TPSA) is 67.9 Å². The number of likely N-dealkylation sites (N-methyl/N-ethyl adjacent to an activating group) is 1. The van der Waals surface area contributed by atoms with Crippen molar-refractivity contribution in [1.82, 2.24) is 4.90 Å². The number of carbonyl (C=O) groups is 2. The molecule has 0 unspecified atom stereocenters. The van der Waals surface area contributed by atoms with Gasteiger partial charge < -0.3 is 19.7 Å². The molecule has 0 radical (unpaired) electrons. The number of methoxy groups -OCH3 is 2. The normalized spacial score (nSPS) is 10.6. The van der Waals surface area contributed by atoms with E-state index in [2.05, 4.69) is 5.32 Å². The van der Waals surface area contributed by atoms with Crippen molar-refractivity contribution in [2.24, 2.45) is 0 Å². The Morgan fingerprint density at radius 2 is 1.79 bits per heavy atom. The third kappa shape index (κ3) is 5.76. The summed E-state index contributed by atoms with van der Waals surface area (Å²) in [5.41, 5.74) is 2.29. The quantitative estimate of drug-likeness (QED) is 0.716. The minimum absolute atomic E-state index is 0.121. The van der Waals surface area contributed by atoms with E-state index in [-0.39, 0.29) is 18.4 Å². The lowest BCUT2D eigenvalue weighted by molar-refractivity contribution is -0.129. The Labute approximate surface area is 169 Å². The molecule has 7 heteroatoms. The van der Waals surface area contributed by atoms with Crippen LogP contribution in [0.3, 0.4) is 0 Å². The first-order chi connectivity index (χ1) is 13.3. The average Bonchev–Trinajstić information content (AvgIpc) is 2.66. The van der Waals surface area contributed by atoms with Gasteiger partial charge in [-0.25, -0.2) is 0 Å². The summed E-state index contributed by atoms with van der Waals surface area (Å²) in [6.45, 7) is 1.84. The molecule has 0 heterocycles. The van der Waals surface area contributed by atoms with Crippen LogP contribution in [0, 0.1) is 6.92 Å². The van der Waals surface area contributed by atoms with E-state index in [9.17, 15) is 9.59 Å². The van der Waals surface area contributed by atoms with Crippen LogP contribution in [-0.4, -0.2) is 44.5 Å². The molecular weight excluding hydrogens is 380 g/mol. The Balaban J connectivity index is 2.01. The van der Waals surface area contributed by atoms with E-state index in [4.69, 9.17) is 21.1 Å². The minimum atomic E-state index is -0.363. The number of halogens is 1. The number of amides is 2. The number of carbonyl (C=O) groups excluding carboxylic acids is 2. The highest BCUT2D eigenvalue weighted by Crippen LogP contribution is 2.27. The van der Waals surface area contributed by atoms with Crippen molar-refractivity contribution in [3.05, 3.63) is 58.6 Å². The zero-order chi connectivity index (χ0) is 20.7. The van der Waals surface area contributed by atoms with E-state index in [1.165, 1.54) is 18.1 Å². The van der Waals surface area contributed by atoms with Gasteiger partial charge in [0, 0.05) is 23.7 Å². The second-order valence-electron chi connectivity index (χ2n) is 6.17. The second kappa shape index (κ2) is 9.80. The minimum Gasteiger partial charge on any atom is -0.496 e. The van der Waals surface area contributed by atoms with E-state index >= 15 is 0 Å². The van der Waals surface area contributed by atoms with Crippen molar-refractivity contribution in [2.75, 3.05) is 33.1 Å². The number of rotatable bonds is 7. The molecule has 2 aromatic carbocycles. The third-order valence-corrected chi connectivity index (χ3v) is 4.22. The van der Waals surface area contributed by atoms with Crippen molar-refractivity contribution in [1.29, 1.82) is 0 Å². The third-order valence-electron chi connectivity index (χ3n) is 3.98. The predicted octanol–water partition coefficient (Wildman–Crippen LogP) is 3.78. The van der Waals surface area contributed by atoms with E-state index in [0.29, 0.717) is 22.2 Å². The number of hydrogen-bond donors (Lipinski definition) is 1. The van der Waals surface area contributed by atoms with Crippen LogP contribution in [0.15, 0.2) is 42.5 Å². The lowest BCUT2D eigenvalue weighted by Gasteiger charge is -2.16. The first-order valence-electron chi connectivity index (χ1n) is 8.55. The van der Waals surface area contributed by atoms with Gasteiger partial charge in [0.25, 0.3) is 0 Å². The molecule has 0 aliphatic carbocycles. The molecule has 0 bridgehead atoms. The van der Waals surface area contributed by atoms with E-state index in [1.807, 2.05) is 25.1 Å². The van der Waals surface area contributed by atoms with Gasteiger partial charge in [-0.2, -0.15) is 0 Å². The number of nitrogens with zero attached hydrogens (tertiary/aromatic N) is 1. The Morgan fingerprint density at radius 3 is 2.46 bits per heavy atom. The maximum atomic E-state index is 12.3. The molecule has 0 atom stereocenters. The first kappa shape index (κ1) is 21.3. The molecule has 0 saturated heterocycles. The van der Waals surface area contributed by atoms with Crippen LogP contribution in [0.1, 0.15) is 11.1 Å². The lowest BCUT2D eigenvalue weighted by Crippen LogP contribution is -2.33. The van der Waals surface area contributed by atoms with E-state index in [0.717, 1.165) is 11.1 Å². The summed E-state index contributed by atoms with van der Waals surface area (Å²) in [7, 11) is 4.62. The fourth-order valence-corrected chi connectivity index (χ4v) is 2.71. The molecule has 0 saturated carbocycles. The standard InChI is InChI=1S/C21H23ClN2O4/c1-14-5-8-18(27-3)15(11-14)6-10-21(26)24(2)13-20(25)23-17-12-16(22)7-9-19(17)28-4/h5-12H,13H2,1-4H3,(H,23,25)/b10-6+. The zero-order valence-electron chi connectivity index (χ0n) is 16.3. The monoisotopic (exact) mass is 402 g/mol. The molecule has 0 aliphatic rings. The van der Waals surface area contributed by atoms with E-state index in [1.54, 1.807) is 38.4 Å². The van der Waals surface area contributed by atoms with Gasteiger partial charge in [-0.3, -0.25) is 9.59 Å². The lowest BCUT2D eigenvalue weighted by atomic mass is 10.1. The summed E-state index contributed by atoms with van der Waals surface area (Å²) in [6, 6.07) is 10.6. The molecule has 28 heavy (non-hydrogen) atoms. The van der Waals surface area contributed by atoms with Crippen molar-refractivity contribution < 1.29 is 19.1 Å². The van der Waals surface area contributed by atoms with Crippen molar-refractivity contribution in [2.45, 2.75) is 6.92 Å². The van der Waals surface area contributed by atoms with Gasteiger partial charge in [-0.15, -0.1) is 0 Å². The van der Waals surface area contributed by atoms with Crippen LogP contribution in [0.2, 0.25) is 5.02 Å². The van der Waals surface area contributed by atoms with Gasteiger partial charge in [0.15, 0.2) is 0 Å². The summed E-state index contributed by atoms with van der Waals surface area (Å²) in [4.78, 5) is 25.9. The first-order valence-corrected chi connectivity index (χ1v) is 8.93. The van der Waals surface area contributed by atoms with Crippen LogP contribution in [-0.2, 0) is 9.59 Å². The molecule has 0 aliphatic heterocycles. The van der Waals surface area contributed by atoms with Crippen molar-refractivity contribution >= 4 is 35.2 Å². The Kier molecular flexibility index (Phi) is 7.46. The summed E-state index contributed by atoms with van der Waals surface area (Å²) < 4.78 is 10.5. The van der Waals surface area contributed by atoms with Gasteiger partial charge in [0.1, 0.15) is 11.5 Å². The predicted molar refractivity (Wildman–Crippen MR) is 111 cm³/mol. The molecule has 148 valence electrons. The Morgan fingerprint density at radius 1 is 1.11 bits per heavy atom. The molecule has 0 fully saturated rings. The van der Waals surface area contributed by atoms with Gasteiger partial charge in [-0.1, -0.05) is 23.2 Å². The SMILES string of the molecule is COc1ccc(C)cc1/C=C/C(=O)N(C)CC(=O)Nc1cc(Cl)ccc1OC. The van der Waals surface area contributed by atoms with Crippen LogP contribution < -0.4 is 14.8 Å². The Hall–Kier alpha value is -2.99. The van der Waals surface area contributed by atoms with E-state index < -0.39 is 0 Å². The van der Waals surface area contributed by atoms with Gasteiger partial charge in [-0.05, 0) is 43.3 Å². The van der Waals surface area contributed by atoms with Crippen LogP contribution >= 0.6 is 11.6 Å². The van der Waals surface area contributed by atoms with Crippen LogP contribution in [0.25, 0.3) is 6.08 Å². The molecule has 2 amide bonds. The highest BCUT2D eigenvalue weighted by molar-refractivity contribution is 6.31. The maximum absolute atomic E-state index is 12.3. The van der Waals surface area contributed by atoms with Crippen LogP contribution in [0.4, 0.5) is 5.69 Å². The summed E-state index contributed by atoms with van der Waals surface area (Å²) in [6.07, 6.45) is 3.08. The number of aryl methyl sites for hydroxylation is 1. The molecule has 1 N–H and O–H groups in total. The average molecular weight is 403 g/mol. The number of ether oxygens (including phenoxy) is 2. The van der Waals surface area contributed by atoms with Crippen molar-refractivity contribution in [3.63, 3.8) is 0 Å². The number of anilines is 1. The molecule has 0 aromatic heterocycles. The number of benzene rings is 2. The summed E-state index contributed by atoms with van der Waals surface area (Å²) >= 11 is 5.96. The maximum Gasteiger partial charge on any atom is 0.246 e. The van der Waals surface area contributed by atoms with Crippen molar-refractivity contribution in [3.8, 4) is 11.5 Å². The van der Waals surface area contributed by atoms with Crippen LogP contribution in [0.5, 0.6) is 11.5 Å². The number of nitrogens with one attached hydrogen (secondary N) is 1. The number of hydrogen-bond acceptors (Lipinski definition) is 4. The summed E-state index contributed by atoms with van der Waals surface area (Å²) in [5, 5.41) is 3.17. The zero-order valence-corrected chi connectivity index (χ0v) is 17.0. The highest BCUT2D eigenvalue weighted by Gasteiger charge is 2.13. The largest absolute Gasteiger partial charge is 0.496 e. The molecule has 2 aromatic rings. The molecular formula is C21H23ClN2O4. The van der Waals surface area contributed by atoms with Gasteiger partial charge >= 0.3 is 0 Å². The molecule has 0 spiro atoms. The van der Waals surface area contributed by atoms with Gasteiger partial charge in [0.2, 0.25) is 11.8 Å². The van der Waals surface area contributed by atoms with Gasteiger partial charge in [0.05, 0.1) is 26.5 Å². The smallest absolute Gasteiger partial charge is 0.246 e. The molecule has 2 rings (SSSR count). The fraction of sp³-hybridized carbons (Fsp3) is 0.238. The second-order valence-corrected chi connectivity index (χ2v) is 6.60. The Bertz CT molecular complexity index is 896. The molecule has 6 nitrogen and oxygen atoms in total. The highest BCUT2D eigenvalue weighted by atomic mass is 35.5. The summed E-state index contributed by atoms with van der Waals surface area (Å²) in [5.74, 6) is 0.482. The fourth-order valence-electron chi connectivity index (χ4n) is 2.53.